The molecule has 0 bridgehead atoms. The summed E-state index contributed by atoms with van der Waals surface area (Å²) in [6.45, 7) is 1.42. The van der Waals surface area contributed by atoms with Crippen molar-refractivity contribution in [3.8, 4) is 0 Å². The van der Waals surface area contributed by atoms with Crippen molar-refractivity contribution in [1.82, 2.24) is 0 Å². The Labute approximate surface area is 91.2 Å². The van der Waals surface area contributed by atoms with Crippen molar-refractivity contribution in [2.75, 3.05) is 39.3 Å². The Morgan fingerprint density at radius 2 is 0.462 bits per heavy atom. The van der Waals surface area contributed by atoms with Crippen LogP contribution < -0.4 is 0 Å². The zero-order valence-electron chi connectivity index (χ0n) is 7.62. The van der Waals surface area contributed by atoms with E-state index in [9.17, 15) is 0 Å². The molecule has 7 heteroatoms. The quantitative estimate of drug-likeness (QED) is 0.654. The van der Waals surface area contributed by atoms with Crippen LogP contribution in [0.2, 0.25) is 0 Å². The summed E-state index contributed by atoms with van der Waals surface area (Å²) in [5.74, 6) is 0. The molecule has 85 valence electrons. The van der Waals surface area contributed by atoms with Crippen molar-refractivity contribution in [2.45, 2.75) is 0 Å². The van der Waals surface area contributed by atoms with E-state index in [1.165, 1.54) is 0 Å². The molecule has 0 saturated carbocycles. The second-order valence-corrected chi connectivity index (χ2v) is 1.50. The molecule has 0 heterocycles. The Morgan fingerprint density at radius 1 is 0.385 bits per heavy atom. The SMILES string of the molecule is [Mn].[NH-]CC[NH-].[NH-]CC[NH-].[NH-]CC[NH-]. The molecule has 0 amide bonds. The topological polar surface area (TPSA) is 143 Å². The van der Waals surface area contributed by atoms with Gasteiger partial charge in [0.25, 0.3) is 0 Å². The van der Waals surface area contributed by atoms with Crippen molar-refractivity contribution in [2.24, 2.45) is 0 Å². The summed E-state index contributed by atoms with van der Waals surface area (Å²) < 4.78 is 0. The molecule has 0 fully saturated rings. The molecule has 0 aromatic heterocycles. The Morgan fingerprint density at radius 3 is 0.462 bits per heavy atom. The Kier molecular flexibility index (Phi) is 70.9. The maximum atomic E-state index is 6.26. The van der Waals surface area contributed by atoms with Crippen LogP contribution in [0.4, 0.5) is 0 Å². The molecular formula is C6H18MnN6-6. The van der Waals surface area contributed by atoms with Gasteiger partial charge in [-0.15, -0.1) is 0 Å². The third-order valence-corrected chi connectivity index (χ3v) is 0.375. The molecule has 0 aromatic rings. The number of rotatable bonds is 3. The zero-order valence-corrected chi connectivity index (χ0v) is 8.80. The van der Waals surface area contributed by atoms with Gasteiger partial charge in [0.15, 0.2) is 0 Å². The molecule has 0 unspecified atom stereocenters. The van der Waals surface area contributed by atoms with Gasteiger partial charge >= 0.3 is 0 Å². The van der Waals surface area contributed by atoms with Gasteiger partial charge in [0.1, 0.15) is 0 Å². The molecule has 13 heavy (non-hydrogen) atoms. The molecule has 0 rings (SSSR count). The Balaban J connectivity index is -0.0000000450. The van der Waals surface area contributed by atoms with Gasteiger partial charge in [-0.25, -0.2) is 0 Å². The van der Waals surface area contributed by atoms with E-state index in [2.05, 4.69) is 0 Å². The first kappa shape index (κ1) is 23.3. The zero-order chi connectivity index (χ0) is 10.2. The minimum absolute atomic E-state index is 0. The van der Waals surface area contributed by atoms with Gasteiger partial charge in [-0.3, -0.25) is 0 Å². The summed E-state index contributed by atoms with van der Waals surface area (Å²) >= 11 is 0. The molecule has 0 aromatic carbocycles. The van der Waals surface area contributed by atoms with Crippen molar-refractivity contribution in [3.63, 3.8) is 0 Å². The summed E-state index contributed by atoms with van der Waals surface area (Å²) in [7, 11) is 0. The third-order valence-electron chi connectivity index (χ3n) is 0.375. The Hall–Kier alpha value is 0.279. The number of hydrogen-bond donors (Lipinski definition) is 0. The fourth-order valence-corrected chi connectivity index (χ4v) is 0. The van der Waals surface area contributed by atoms with E-state index in [1.807, 2.05) is 0 Å². The van der Waals surface area contributed by atoms with Crippen LogP contribution in [0.15, 0.2) is 0 Å². The molecule has 0 aliphatic carbocycles. The predicted octanol–water partition coefficient (Wildman–Crippen LogP) is 3.27. The normalized spacial score (nSPS) is 6.92. The summed E-state index contributed by atoms with van der Waals surface area (Å²) in [5, 5.41) is 0. The number of hydrogen-bond acceptors (Lipinski definition) is 0. The van der Waals surface area contributed by atoms with Gasteiger partial charge in [-0.05, 0) is 0 Å². The van der Waals surface area contributed by atoms with Crippen molar-refractivity contribution in [1.29, 1.82) is 0 Å². The van der Waals surface area contributed by atoms with Crippen LogP contribution in [0.25, 0.3) is 34.4 Å². The monoisotopic (exact) mass is 229 g/mol. The Bertz CT molecular complexity index is 32.6. The van der Waals surface area contributed by atoms with Crippen molar-refractivity contribution >= 4 is 0 Å². The van der Waals surface area contributed by atoms with Crippen LogP contribution in [0, 0.1) is 0 Å². The van der Waals surface area contributed by atoms with E-state index >= 15 is 0 Å². The van der Waals surface area contributed by atoms with E-state index in [0.717, 1.165) is 0 Å². The van der Waals surface area contributed by atoms with Gasteiger partial charge in [0.05, 0.1) is 0 Å². The largest absolute Gasteiger partial charge is 0.679 e. The van der Waals surface area contributed by atoms with E-state index in [4.69, 9.17) is 34.4 Å². The number of nitrogens with one attached hydrogen (secondary N) is 6. The fraction of sp³-hybridized carbons (Fsp3) is 1.00. The first-order valence-corrected chi connectivity index (χ1v) is 3.62. The average Bonchev–Trinajstić information content (AvgIpc) is 2.18. The molecule has 1 radical (unpaired) electrons. The maximum Gasteiger partial charge on any atom is 0 e. The molecule has 0 atom stereocenters. The second kappa shape index (κ2) is 39.6. The molecule has 6 nitrogen and oxygen atoms in total. The predicted molar refractivity (Wildman–Crippen MR) is 55.1 cm³/mol. The van der Waals surface area contributed by atoms with Gasteiger partial charge in [0.2, 0.25) is 0 Å². The summed E-state index contributed by atoms with van der Waals surface area (Å²) in [6.07, 6.45) is 0. The molecule has 0 aliphatic rings. The molecule has 6 N–H and O–H groups in total. The molecule has 0 spiro atoms. The van der Waals surface area contributed by atoms with Crippen LogP contribution in [-0.4, -0.2) is 39.3 Å². The van der Waals surface area contributed by atoms with E-state index < -0.39 is 0 Å². The standard InChI is InChI=1S/3C2H6N2.Mn/c3*3-1-2-4;/h3*3-4H,1-2H2;/q3*-2;. The van der Waals surface area contributed by atoms with Gasteiger partial charge in [-0.1, -0.05) is 0 Å². The van der Waals surface area contributed by atoms with Crippen LogP contribution >= 0.6 is 0 Å². The third kappa shape index (κ3) is 121. The van der Waals surface area contributed by atoms with Crippen LogP contribution in [0.5, 0.6) is 0 Å². The minimum atomic E-state index is 0. The second-order valence-electron chi connectivity index (χ2n) is 1.50. The first-order chi connectivity index (χ1) is 5.74. The molecule has 0 saturated heterocycles. The van der Waals surface area contributed by atoms with Gasteiger partial charge in [-0.2, -0.15) is 39.3 Å². The molecular weight excluding hydrogens is 211 g/mol. The summed E-state index contributed by atoms with van der Waals surface area (Å²) in [5.41, 5.74) is 37.6. The van der Waals surface area contributed by atoms with Gasteiger partial charge < -0.3 is 34.4 Å². The fourth-order valence-electron chi connectivity index (χ4n) is 0. The average molecular weight is 229 g/mol. The van der Waals surface area contributed by atoms with Gasteiger partial charge in [0, 0.05) is 17.1 Å². The maximum absolute atomic E-state index is 6.26. The first-order valence-electron chi connectivity index (χ1n) is 3.62. The van der Waals surface area contributed by atoms with Crippen LogP contribution in [-0.2, 0) is 17.1 Å². The van der Waals surface area contributed by atoms with Crippen LogP contribution in [0.3, 0.4) is 0 Å². The van der Waals surface area contributed by atoms with E-state index in [1.54, 1.807) is 0 Å². The summed E-state index contributed by atoms with van der Waals surface area (Å²) in [4.78, 5) is 0. The molecule has 0 aliphatic heterocycles. The smallest absolute Gasteiger partial charge is 0 e. The van der Waals surface area contributed by atoms with Crippen LogP contribution in [0.1, 0.15) is 0 Å². The van der Waals surface area contributed by atoms with E-state index in [-0.39, 0.29) is 56.3 Å². The van der Waals surface area contributed by atoms with Crippen molar-refractivity contribution < 1.29 is 17.1 Å². The van der Waals surface area contributed by atoms with E-state index in [0.29, 0.717) is 0 Å². The van der Waals surface area contributed by atoms with Crippen molar-refractivity contribution in [3.05, 3.63) is 34.4 Å². The minimum Gasteiger partial charge on any atom is -0.679 e. The summed E-state index contributed by atoms with van der Waals surface area (Å²) in [6, 6.07) is 0.